The lowest BCUT2D eigenvalue weighted by Gasteiger charge is -2.19. The van der Waals surface area contributed by atoms with Crippen molar-refractivity contribution in [1.82, 2.24) is 0 Å². The molecule has 2 heteroatoms. The molecular weight excluding hydrogens is 394 g/mol. The van der Waals surface area contributed by atoms with Crippen molar-refractivity contribution in [1.29, 1.82) is 0 Å². The Morgan fingerprint density at radius 1 is 0.593 bits per heavy atom. The number of fused-ring (bicyclic) bond motifs is 3. The number of benzene rings is 4. The van der Waals surface area contributed by atoms with Gasteiger partial charge in [-0.15, -0.1) is 0 Å². The highest BCUT2D eigenvalue weighted by Gasteiger charge is 2.32. The molecule has 0 aromatic heterocycles. The predicted octanol–water partition coefficient (Wildman–Crippen LogP) is 6.86. The van der Waals surface area contributed by atoms with Crippen LogP contribution in [0.15, 0.2) is 95.5 Å². The van der Waals surface area contributed by atoms with E-state index in [0.29, 0.717) is 0 Å². The Kier molecular flexibility index (Phi) is 3.87. The molecule has 0 spiro atoms. The SMILES string of the molecule is Nc1ccc(-c2cccc3c2C(c2ccccc2Br)c2ccccc2-3)cc1. The van der Waals surface area contributed by atoms with Crippen molar-refractivity contribution in [3.05, 3.63) is 112 Å². The molecule has 0 saturated heterocycles. The average Bonchev–Trinajstić information content (AvgIpc) is 3.04. The molecule has 27 heavy (non-hydrogen) atoms. The molecule has 0 fully saturated rings. The highest BCUT2D eigenvalue weighted by molar-refractivity contribution is 9.10. The summed E-state index contributed by atoms with van der Waals surface area (Å²) in [6.07, 6.45) is 0. The Bertz CT molecular complexity index is 1150. The van der Waals surface area contributed by atoms with E-state index in [0.717, 1.165) is 10.2 Å². The summed E-state index contributed by atoms with van der Waals surface area (Å²) in [6, 6.07) is 32.1. The number of nitrogens with two attached hydrogens (primary N) is 1. The van der Waals surface area contributed by atoms with Gasteiger partial charge in [-0.1, -0.05) is 88.7 Å². The van der Waals surface area contributed by atoms with Crippen LogP contribution in [0.25, 0.3) is 22.3 Å². The molecule has 1 aliphatic rings. The molecule has 0 aliphatic heterocycles. The molecule has 1 unspecified atom stereocenters. The van der Waals surface area contributed by atoms with Crippen LogP contribution in [0.1, 0.15) is 22.6 Å². The number of anilines is 1. The molecule has 4 aromatic rings. The maximum absolute atomic E-state index is 5.92. The minimum atomic E-state index is 0.209. The first-order valence-corrected chi connectivity index (χ1v) is 9.86. The van der Waals surface area contributed by atoms with Crippen LogP contribution < -0.4 is 5.73 Å². The van der Waals surface area contributed by atoms with Crippen molar-refractivity contribution >= 4 is 21.6 Å². The van der Waals surface area contributed by atoms with Gasteiger partial charge >= 0.3 is 0 Å². The van der Waals surface area contributed by atoms with Crippen molar-refractivity contribution in [3.63, 3.8) is 0 Å². The molecular formula is C25H18BrN. The van der Waals surface area contributed by atoms with Gasteiger partial charge in [0.05, 0.1) is 0 Å². The van der Waals surface area contributed by atoms with E-state index in [4.69, 9.17) is 5.73 Å². The summed E-state index contributed by atoms with van der Waals surface area (Å²) >= 11 is 3.78. The highest BCUT2D eigenvalue weighted by atomic mass is 79.9. The number of hydrogen-bond acceptors (Lipinski definition) is 1. The fourth-order valence-corrected chi connectivity index (χ4v) is 4.72. The summed E-state index contributed by atoms with van der Waals surface area (Å²) in [5.41, 5.74) is 15.9. The van der Waals surface area contributed by atoms with Crippen LogP contribution in [-0.2, 0) is 0 Å². The topological polar surface area (TPSA) is 26.0 Å². The van der Waals surface area contributed by atoms with Crippen LogP contribution in [0.2, 0.25) is 0 Å². The summed E-state index contributed by atoms with van der Waals surface area (Å²) in [4.78, 5) is 0. The minimum absolute atomic E-state index is 0.209. The van der Waals surface area contributed by atoms with Gasteiger partial charge in [0.15, 0.2) is 0 Å². The second-order valence-electron chi connectivity index (χ2n) is 6.93. The third kappa shape index (κ3) is 2.60. The molecule has 1 nitrogen and oxygen atoms in total. The molecule has 4 aromatic carbocycles. The van der Waals surface area contributed by atoms with E-state index >= 15 is 0 Å². The number of rotatable bonds is 2. The van der Waals surface area contributed by atoms with Gasteiger partial charge in [-0.25, -0.2) is 0 Å². The van der Waals surface area contributed by atoms with Crippen LogP contribution in [0.3, 0.4) is 0 Å². The average molecular weight is 412 g/mol. The van der Waals surface area contributed by atoms with Gasteiger partial charge in [-0.05, 0) is 57.1 Å². The Hall–Kier alpha value is -2.84. The molecule has 2 N–H and O–H groups in total. The second-order valence-corrected chi connectivity index (χ2v) is 7.78. The highest BCUT2D eigenvalue weighted by Crippen LogP contribution is 2.52. The van der Waals surface area contributed by atoms with Crippen molar-refractivity contribution in [3.8, 4) is 22.3 Å². The Morgan fingerprint density at radius 2 is 1.22 bits per heavy atom. The molecule has 0 amide bonds. The smallest absolute Gasteiger partial charge is 0.0369 e. The third-order valence-electron chi connectivity index (χ3n) is 5.39. The van der Waals surface area contributed by atoms with Gasteiger partial charge in [0.2, 0.25) is 0 Å². The first kappa shape index (κ1) is 16.3. The number of halogens is 1. The van der Waals surface area contributed by atoms with E-state index in [9.17, 15) is 0 Å². The van der Waals surface area contributed by atoms with Gasteiger partial charge in [0.25, 0.3) is 0 Å². The van der Waals surface area contributed by atoms with E-state index < -0.39 is 0 Å². The van der Waals surface area contributed by atoms with E-state index in [1.807, 2.05) is 12.1 Å². The van der Waals surface area contributed by atoms with Crippen molar-refractivity contribution in [2.24, 2.45) is 0 Å². The summed E-state index contributed by atoms with van der Waals surface area (Å²) in [5.74, 6) is 0.209. The predicted molar refractivity (Wildman–Crippen MR) is 117 cm³/mol. The molecule has 130 valence electrons. The lowest BCUT2D eigenvalue weighted by molar-refractivity contribution is 1.01. The Labute approximate surface area is 167 Å². The molecule has 0 saturated carbocycles. The molecule has 0 heterocycles. The molecule has 0 bridgehead atoms. The largest absolute Gasteiger partial charge is 0.399 e. The van der Waals surface area contributed by atoms with Gasteiger partial charge in [0, 0.05) is 16.1 Å². The lowest BCUT2D eigenvalue weighted by atomic mass is 9.85. The quantitative estimate of drug-likeness (QED) is 0.315. The van der Waals surface area contributed by atoms with E-state index in [-0.39, 0.29) is 5.92 Å². The fourth-order valence-electron chi connectivity index (χ4n) is 4.21. The summed E-state index contributed by atoms with van der Waals surface area (Å²) in [5, 5.41) is 0. The maximum atomic E-state index is 5.92. The maximum Gasteiger partial charge on any atom is 0.0369 e. The van der Waals surface area contributed by atoms with Crippen LogP contribution in [0, 0.1) is 0 Å². The molecule has 1 atom stereocenters. The van der Waals surface area contributed by atoms with Crippen LogP contribution in [-0.4, -0.2) is 0 Å². The zero-order valence-corrected chi connectivity index (χ0v) is 16.3. The first-order valence-electron chi connectivity index (χ1n) is 9.06. The van der Waals surface area contributed by atoms with E-state index in [1.165, 1.54) is 38.9 Å². The van der Waals surface area contributed by atoms with Crippen molar-refractivity contribution in [2.75, 3.05) is 5.73 Å². The summed E-state index contributed by atoms with van der Waals surface area (Å²) in [6.45, 7) is 0. The molecule has 5 rings (SSSR count). The standard InChI is InChI=1S/C25H18BrN/c26-23-11-4-3-8-22(23)25-20-7-2-1-6-19(20)21-10-5-9-18(24(21)25)16-12-14-17(27)15-13-16/h1-15,25H,27H2. The number of hydrogen-bond donors (Lipinski definition) is 1. The van der Waals surface area contributed by atoms with Crippen molar-refractivity contribution < 1.29 is 0 Å². The first-order chi connectivity index (χ1) is 13.2. The normalized spacial score (nSPS) is 14.6. The van der Waals surface area contributed by atoms with E-state index in [1.54, 1.807) is 0 Å². The lowest BCUT2D eigenvalue weighted by Crippen LogP contribution is -2.02. The zero-order valence-electron chi connectivity index (χ0n) is 14.7. The van der Waals surface area contributed by atoms with Gasteiger partial charge in [-0.2, -0.15) is 0 Å². The van der Waals surface area contributed by atoms with Gasteiger partial charge < -0.3 is 5.73 Å². The zero-order chi connectivity index (χ0) is 18.4. The minimum Gasteiger partial charge on any atom is -0.399 e. The third-order valence-corrected chi connectivity index (χ3v) is 6.12. The number of nitrogen functional groups attached to an aromatic ring is 1. The summed E-state index contributed by atoms with van der Waals surface area (Å²) in [7, 11) is 0. The van der Waals surface area contributed by atoms with Crippen LogP contribution in [0.4, 0.5) is 5.69 Å². The Balaban J connectivity index is 1.82. The Morgan fingerprint density at radius 3 is 2.00 bits per heavy atom. The molecule has 1 aliphatic carbocycles. The summed E-state index contributed by atoms with van der Waals surface area (Å²) < 4.78 is 1.14. The molecule has 0 radical (unpaired) electrons. The monoisotopic (exact) mass is 411 g/mol. The van der Waals surface area contributed by atoms with Crippen LogP contribution in [0.5, 0.6) is 0 Å². The van der Waals surface area contributed by atoms with Gasteiger partial charge in [0.1, 0.15) is 0 Å². The fraction of sp³-hybridized carbons (Fsp3) is 0.0400. The van der Waals surface area contributed by atoms with Gasteiger partial charge in [-0.3, -0.25) is 0 Å². The van der Waals surface area contributed by atoms with E-state index in [2.05, 4.69) is 94.8 Å². The van der Waals surface area contributed by atoms with Crippen LogP contribution >= 0.6 is 15.9 Å². The second kappa shape index (κ2) is 6.40. The van der Waals surface area contributed by atoms with Crippen molar-refractivity contribution in [2.45, 2.75) is 5.92 Å².